The average Bonchev–Trinajstić information content (AvgIpc) is 2.36. The number of aryl methyl sites for hydroxylation is 1. The first-order valence-electron chi connectivity index (χ1n) is 3.67. The summed E-state index contributed by atoms with van der Waals surface area (Å²) in [4.78, 5) is 10.5. The summed E-state index contributed by atoms with van der Waals surface area (Å²) in [6, 6.07) is 0. The lowest BCUT2D eigenvalue weighted by Crippen LogP contribution is -2.14. The fourth-order valence-corrected chi connectivity index (χ4v) is 0.897. The fraction of sp³-hybridized carbons (Fsp3) is 0.571. The molecule has 1 N–H and O–H groups in total. The van der Waals surface area contributed by atoms with Gasteiger partial charge in [0, 0.05) is 13.5 Å². The lowest BCUT2D eigenvalue weighted by molar-refractivity contribution is -0.141. The van der Waals surface area contributed by atoms with E-state index in [0.29, 0.717) is 6.42 Å². The number of nitrogens with zero attached hydrogens (tertiary/aromatic N) is 3. The van der Waals surface area contributed by atoms with Gasteiger partial charge in [0.15, 0.2) is 0 Å². The van der Waals surface area contributed by atoms with E-state index in [1.807, 2.05) is 0 Å². The van der Waals surface area contributed by atoms with Crippen LogP contribution in [0.2, 0.25) is 0 Å². The fourth-order valence-electron chi connectivity index (χ4n) is 0.897. The van der Waals surface area contributed by atoms with E-state index in [1.165, 1.54) is 0 Å². The zero-order valence-electron chi connectivity index (χ0n) is 7.06. The number of aliphatic carboxylic acids is 1. The third-order valence-corrected chi connectivity index (χ3v) is 1.75. The Kier molecular flexibility index (Phi) is 2.42. The molecule has 0 fully saturated rings. The number of carbonyl (C=O) groups is 1. The summed E-state index contributed by atoms with van der Waals surface area (Å²) in [7, 11) is 1.75. The van der Waals surface area contributed by atoms with Gasteiger partial charge in [0.1, 0.15) is 0 Å². The van der Waals surface area contributed by atoms with Crippen LogP contribution >= 0.6 is 0 Å². The van der Waals surface area contributed by atoms with Crippen LogP contribution in [0.25, 0.3) is 0 Å². The molecule has 1 rings (SSSR count). The number of aromatic nitrogens is 3. The third-order valence-electron chi connectivity index (χ3n) is 1.75. The van der Waals surface area contributed by atoms with Crippen molar-refractivity contribution in [3.8, 4) is 0 Å². The minimum atomic E-state index is -0.795. The molecule has 0 bridgehead atoms. The van der Waals surface area contributed by atoms with Gasteiger partial charge in [0.25, 0.3) is 0 Å². The quantitative estimate of drug-likeness (QED) is 0.695. The van der Waals surface area contributed by atoms with Crippen molar-refractivity contribution in [3.05, 3.63) is 11.9 Å². The molecule has 1 aromatic heterocycles. The molecule has 0 aliphatic rings. The third kappa shape index (κ3) is 1.81. The highest BCUT2D eigenvalue weighted by Crippen LogP contribution is 2.05. The van der Waals surface area contributed by atoms with E-state index in [2.05, 4.69) is 10.3 Å². The normalized spacial score (nSPS) is 12.8. The van der Waals surface area contributed by atoms with E-state index < -0.39 is 5.97 Å². The summed E-state index contributed by atoms with van der Waals surface area (Å²) < 4.78 is 1.58. The lowest BCUT2D eigenvalue weighted by Gasteiger charge is -2.04. The average molecular weight is 169 g/mol. The van der Waals surface area contributed by atoms with Crippen molar-refractivity contribution in [2.24, 2.45) is 13.0 Å². The summed E-state index contributed by atoms with van der Waals surface area (Å²) in [6.07, 6.45) is 2.05. The predicted molar refractivity (Wildman–Crippen MR) is 41.5 cm³/mol. The second-order valence-electron chi connectivity index (χ2n) is 2.79. The van der Waals surface area contributed by atoms with E-state index >= 15 is 0 Å². The maximum atomic E-state index is 10.5. The van der Waals surface area contributed by atoms with Crippen LogP contribution in [-0.2, 0) is 18.3 Å². The van der Waals surface area contributed by atoms with E-state index in [0.717, 1.165) is 5.69 Å². The molecule has 0 aliphatic heterocycles. The molecule has 0 radical (unpaired) electrons. The van der Waals surface area contributed by atoms with Crippen molar-refractivity contribution in [2.75, 3.05) is 0 Å². The van der Waals surface area contributed by atoms with Gasteiger partial charge in [-0.3, -0.25) is 9.48 Å². The molecule has 1 aromatic rings. The van der Waals surface area contributed by atoms with Crippen LogP contribution in [-0.4, -0.2) is 26.1 Å². The van der Waals surface area contributed by atoms with Crippen LogP contribution in [0, 0.1) is 5.92 Å². The Morgan fingerprint density at radius 1 is 1.83 bits per heavy atom. The zero-order valence-corrected chi connectivity index (χ0v) is 7.06. The molecular formula is C7H11N3O2. The van der Waals surface area contributed by atoms with Crippen LogP contribution in [0.1, 0.15) is 12.6 Å². The molecule has 66 valence electrons. The van der Waals surface area contributed by atoms with Crippen molar-refractivity contribution in [2.45, 2.75) is 13.3 Å². The molecule has 0 aromatic carbocycles. The van der Waals surface area contributed by atoms with E-state index in [1.54, 1.807) is 24.9 Å². The summed E-state index contributed by atoms with van der Waals surface area (Å²) in [6.45, 7) is 1.66. The Labute approximate surface area is 70.0 Å². The SMILES string of the molecule is CC(Cc1cnnn1C)C(=O)O. The van der Waals surface area contributed by atoms with Crippen LogP contribution in [0.4, 0.5) is 0 Å². The Balaban J connectivity index is 2.64. The van der Waals surface area contributed by atoms with Gasteiger partial charge >= 0.3 is 5.97 Å². The van der Waals surface area contributed by atoms with E-state index in [-0.39, 0.29) is 5.92 Å². The molecule has 12 heavy (non-hydrogen) atoms. The second-order valence-corrected chi connectivity index (χ2v) is 2.79. The largest absolute Gasteiger partial charge is 0.481 e. The summed E-state index contributed by atoms with van der Waals surface area (Å²) in [5.41, 5.74) is 0.838. The molecule has 1 heterocycles. The summed E-state index contributed by atoms with van der Waals surface area (Å²) in [5, 5.41) is 16.0. The topological polar surface area (TPSA) is 68.0 Å². The molecule has 0 aliphatic carbocycles. The van der Waals surface area contributed by atoms with Crippen LogP contribution in [0.5, 0.6) is 0 Å². The number of carboxylic acids is 1. The summed E-state index contributed by atoms with van der Waals surface area (Å²) >= 11 is 0. The predicted octanol–water partition coefficient (Wildman–Crippen LogP) is 0.0783. The van der Waals surface area contributed by atoms with Crippen molar-refractivity contribution < 1.29 is 9.90 Å². The van der Waals surface area contributed by atoms with Gasteiger partial charge in [0.05, 0.1) is 17.8 Å². The van der Waals surface area contributed by atoms with Gasteiger partial charge in [-0.15, -0.1) is 5.10 Å². The van der Waals surface area contributed by atoms with Gasteiger partial charge in [0.2, 0.25) is 0 Å². The molecule has 0 spiro atoms. The molecule has 0 saturated carbocycles. The van der Waals surface area contributed by atoms with Crippen molar-refractivity contribution in [1.29, 1.82) is 0 Å². The van der Waals surface area contributed by atoms with Crippen molar-refractivity contribution in [1.82, 2.24) is 15.0 Å². The van der Waals surface area contributed by atoms with Gasteiger partial charge < -0.3 is 5.11 Å². The molecule has 5 heteroatoms. The zero-order chi connectivity index (χ0) is 9.14. The standard InChI is InChI=1S/C7H11N3O2/c1-5(7(11)12)3-6-4-8-9-10(6)2/h4-5H,3H2,1-2H3,(H,11,12). The monoisotopic (exact) mass is 169 g/mol. The van der Waals surface area contributed by atoms with Gasteiger partial charge in [-0.2, -0.15) is 0 Å². The Hall–Kier alpha value is -1.39. The van der Waals surface area contributed by atoms with Crippen LogP contribution in [0.15, 0.2) is 6.20 Å². The highest BCUT2D eigenvalue weighted by Gasteiger charge is 2.13. The maximum absolute atomic E-state index is 10.5. The Bertz CT molecular complexity index is 282. The molecule has 0 amide bonds. The smallest absolute Gasteiger partial charge is 0.306 e. The van der Waals surface area contributed by atoms with Crippen LogP contribution < -0.4 is 0 Å². The molecule has 0 saturated heterocycles. The molecular weight excluding hydrogens is 158 g/mol. The highest BCUT2D eigenvalue weighted by atomic mass is 16.4. The highest BCUT2D eigenvalue weighted by molar-refractivity contribution is 5.69. The Morgan fingerprint density at radius 2 is 2.50 bits per heavy atom. The second kappa shape index (κ2) is 3.34. The van der Waals surface area contributed by atoms with Gasteiger partial charge in [-0.1, -0.05) is 12.1 Å². The van der Waals surface area contributed by atoms with Crippen LogP contribution in [0.3, 0.4) is 0 Å². The summed E-state index contributed by atoms with van der Waals surface area (Å²) in [5.74, 6) is -1.18. The maximum Gasteiger partial charge on any atom is 0.306 e. The number of hydrogen-bond acceptors (Lipinski definition) is 3. The van der Waals surface area contributed by atoms with Gasteiger partial charge in [-0.25, -0.2) is 0 Å². The first-order chi connectivity index (χ1) is 5.61. The molecule has 1 unspecified atom stereocenters. The molecule has 5 nitrogen and oxygen atoms in total. The van der Waals surface area contributed by atoms with E-state index in [9.17, 15) is 4.79 Å². The van der Waals surface area contributed by atoms with Gasteiger partial charge in [-0.05, 0) is 0 Å². The number of carboxylic acid groups (broad SMARTS) is 1. The first-order valence-corrected chi connectivity index (χ1v) is 3.67. The number of rotatable bonds is 3. The Morgan fingerprint density at radius 3 is 2.92 bits per heavy atom. The lowest BCUT2D eigenvalue weighted by atomic mass is 10.1. The van der Waals surface area contributed by atoms with Crippen molar-refractivity contribution in [3.63, 3.8) is 0 Å². The van der Waals surface area contributed by atoms with E-state index in [4.69, 9.17) is 5.11 Å². The minimum Gasteiger partial charge on any atom is -0.481 e. The number of hydrogen-bond donors (Lipinski definition) is 1. The minimum absolute atomic E-state index is 0.387. The van der Waals surface area contributed by atoms with Crippen molar-refractivity contribution >= 4 is 5.97 Å². The first kappa shape index (κ1) is 8.70. The molecule has 1 atom stereocenters.